The van der Waals surface area contributed by atoms with E-state index in [0.29, 0.717) is 23.9 Å². The zero-order chi connectivity index (χ0) is 12.1. The molecule has 0 radical (unpaired) electrons. The Balaban J connectivity index is 2.08. The minimum atomic E-state index is 0.538. The summed E-state index contributed by atoms with van der Waals surface area (Å²) >= 11 is 0. The van der Waals surface area contributed by atoms with Gasteiger partial charge in [0, 0.05) is 25.0 Å². The number of ether oxygens (including phenoxy) is 1. The molecule has 5 nitrogen and oxygen atoms in total. The van der Waals surface area contributed by atoms with Crippen molar-refractivity contribution in [1.29, 1.82) is 0 Å². The third-order valence-electron chi connectivity index (χ3n) is 2.32. The summed E-state index contributed by atoms with van der Waals surface area (Å²) < 4.78 is 5.05. The van der Waals surface area contributed by atoms with Crippen LogP contribution in [0.1, 0.15) is 5.56 Å². The maximum Gasteiger partial charge on any atom is 0.215 e. The molecule has 0 aliphatic heterocycles. The lowest BCUT2D eigenvalue weighted by atomic mass is 10.2. The Kier molecular flexibility index (Phi) is 3.40. The number of rotatable bonds is 4. The van der Waals surface area contributed by atoms with E-state index in [1.54, 1.807) is 31.6 Å². The van der Waals surface area contributed by atoms with Gasteiger partial charge >= 0.3 is 0 Å². The van der Waals surface area contributed by atoms with Gasteiger partial charge in [-0.15, -0.1) is 0 Å². The molecule has 0 fully saturated rings. The minimum absolute atomic E-state index is 0.538. The van der Waals surface area contributed by atoms with E-state index in [-0.39, 0.29) is 0 Å². The van der Waals surface area contributed by atoms with Crippen molar-refractivity contribution in [1.82, 2.24) is 9.97 Å². The van der Waals surface area contributed by atoms with Gasteiger partial charge in [0.25, 0.3) is 0 Å². The molecule has 2 heterocycles. The zero-order valence-electron chi connectivity index (χ0n) is 9.55. The summed E-state index contributed by atoms with van der Waals surface area (Å²) in [5.41, 5.74) is 7.53. The Labute approximate surface area is 99.7 Å². The van der Waals surface area contributed by atoms with Gasteiger partial charge in [0.15, 0.2) is 5.82 Å². The van der Waals surface area contributed by atoms with Crippen LogP contribution in [0.25, 0.3) is 0 Å². The fraction of sp³-hybridized carbons (Fsp3) is 0.167. The van der Waals surface area contributed by atoms with Crippen LogP contribution in [0.4, 0.5) is 11.5 Å². The lowest BCUT2D eigenvalue weighted by molar-refractivity contribution is 0.398. The number of nitrogens with zero attached hydrogens (tertiary/aromatic N) is 2. The smallest absolute Gasteiger partial charge is 0.215 e. The Morgan fingerprint density at radius 2 is 2.00 bits per heavy atom. The van der Waals surface area contributed by atoms with Gasteiger partial charge in [-0.1, -0.05) is 0 Å². The first-order valence-electron chi connectivity index (χ1n) is 5.23. The third kappa shape index (κ3) is 2.84. The van der Waals surface area contributed by atoms with Crippen molar-refractivity contribution < 1.29 is 4.74 Å². The highest BCUT2D eigenvalue weighted by atomic mass is 16.5. The molecule has 0 aromatic carbocycles. The predicted octanol–water partition coefficient (Wildman–Crippen LogP) is 1.68. The van der Waals surface area contributed by atoms with Gasteiger partial charge in [-0.05, 0) is 23.8 Å². The summed E-state index contributed by atoms with van der Waals surface area (Å²) in [6.45, 7) is 0.646. The van der Waals surface area contributed by atoms with Gasteiger partial charge in [-0.2, -0.15) is 4.98 Å². The van der Waals surface area contributed by atoms with E-state index in [0.717, 1.165) is 5.56 Å². The van der Waals surface area contributed by atoms with Crippen molar-refractivity contribution >= 4 is 11.5 Å². The highest BCUT2D eigenvalue weighted by molar-refractivity contribution is 5.62. The maximum absolute atomic E-state index is 5.82. The van der Waals surface area contributed by atoms with Crippen LogP contribution in [-0.2, 0) is 6.54 Å². The topological polar surface area (TPSA) is 73.1 Å². The molecule has 0 saturated heterocycles. The normalized spacial score (nSPS) is 9.94. The summed E-state index contributed by atoms with van der Waals surface area (Å²) in [4.78, 5) is 8.19. The number of nitrogen functional groups attached to an aromatic ring is 1. The van der Waals surface area contributed by atoms with Gasteiger partial charge in [-0.25, -0.2) is 0 Å². The van der Waals surface area contributed by atoms with Gasteiger partial charge in [0.2, 0.25) is 5.88 Å². The Bertz CT molecular complexity index is 487. The van der Waals surface area contributed by atoms with Crippen LogP contribution in [0.15, 0.2) is 36.7 Å². The highest BCUT2D eigenvalue weighted by Crippen LogP contribution is 2.19. The molecule has 88 valence electrons. The van der Waals surface area contributed by atoms with Gasteiger partial charge in [-0.3, -0.25) is 4.98 Å². The lowest BCUT2D eigenvalue weighted by Crippen LogP contribution is -2.05. The highest BCUT2D eigenvalue weighted by Gasteiger charge is 2.02. The quantitative estimate of drug-likeness (QED) is 0.836. The minimum Gasteiger partial charge on any atom is -0.481 e. The van der Waals surface area contributed by atoms with E-state index in [2.05, 4.69) is 15.3 Å². The Hall–Kier alpha value is -2.30. The van der Waals surface area contributed by atoms with E-state index in [1.807, 2.05) is 12.1 Å². The molecule has 3 N–H and O–H groups in total. The molecule has 0 atom stereocenters. The Morgan fingerprint density at radius 1 is 1.24 bits per heavy atom. The second-order valence-electron chi connectivity index (χ2n) is 3.50. The zero-order valence-corrected chi connectivity index (χ0v) is 9.55. The van der Waals surface area contributed by atoms with Crippen LogP contribution in [0.5, 0.6) is 5.88 Å². The van der Waals surface area contributed by atoms with Crippen molar-refractivity contribution in [3.05, 3.63) is 42.2 Å². The van der Waals surface area contributed by atoms with Gasteiger partial charge in [0.1, 0.15) is 0 Å². The summed E-state index contributed by atoms with van der Waals surface area (Å²) in [7, 11) is 1.57. The van der Waals surface area contributed by atoms with Crippen molar-refractivity contribution in [3.63, 3.8) is 0 Å². The molecule has 5 heteroatoms. The summed E-state index contributed by atoms with van der Waals surface area (Å²) in [5.74, 6) is 1.16. The standard InChI is InChI=1S/C12H14N4O/c1-17-11-3-2-10(13)12(16-11)15-8-9-4-6-14-7-5-9/h2-7H,8,13H2,1H3,(H,15,16). The molecule has 17 heavy (non-hydrogen) atoms. The largest absolute Gasteiger partial charge is 0.481 e. The number of hydrogen-bond acceptors (Lipinski definition) is 5. The fourth-order valence-corrected chi connectivity index (χ4v) is 1.39. The van der Waals surface area contributed by atoms with E-state index in [1.165, 1.54) is 0 Å². The average Bonchev–Trinajstić information content (AvgIpc) is 2.39. The first kappa shape index (κ1) is 11.2. The molecule has 0 spiro atoms. The van der Waals surface area contributed by atoms with E-state index in [4.69, 9.17) is 10.5 Å². The van der Waals surface area contributed by atoms with Crippen molar-refractivity contribution in [2.24, 2.45) is 0 Å². The third-order valence-corrected chi connectivity index (χ3v) is 2.32. The molecule has 2 rings (SSSR count). The fourth-order valence-electron chi connectivity index (χ4n) is 1.39. The van der Waals surface area contributed by atoms with E-state index >= 15 is 0 Å². The number of nitrogens with two attached hydrogens (primary N) is 1. The second kappa shape index (κ2) is 5.16. The van der Waals surface area contributed by atoms with Gasteiger partial charge in [0.05, 0.1) is 12.8 Å². The van der Waals surface area contributed by atoms with E-state index < -0.39 is 0 Å². The molecule has 0 aliphatic carbocycles. The van der Waals surface area contributed by atoms with Crippen LogP contribution in [0.2, 0.25) is 0 Å². The van der Waals surface area contributed by atoms with Crippen molar-refractivity contribution in [3.8, 4) is 5.88 Å². The molecule has 0 aliphatic rings. The number of hydrogen-bond donors (Lipinski definition) is 2. The monoisotopic (exact) mass is 230 g/mol. The SMILES string of the molecule is COc1ccc(N)c(NCc2ccncc2)n1. The van der Waals surface area contributed by atoms with Crippen LogP contribution in [0.3, 0.4) is 0 Å². The average molecular weight is 230 g/mol. The predicted molar refractivity (Wildman–Crippen MR) is 66.8 cm³/mol. The molecule has 2 aromatic heterocycles. The lowest BCUT2D eigenvalue weighted by Gasteiger charge is -2.09. The summed E-state index contributed by atoms with van der Waals surface area (Å²) in [6, 6.07) is 7.36. The first-order chi connectivity index (χ1) is 8.29. The van der Waals surface area contributed by atoms with Crippen LogP contribution in [-0.4, -0.2) is 17.1 Å². The molecular formula is C12H14N4O. The van der Waals surface area contributed by atoms with Crippen LogP contribution in [0, 0.1) is 0 Å². The summed E-state index contributed by atoms with van der Waals surface area (Å²) in [5, 5.41) is 3.16. The number of nitrogens with one attached hydrogen (secondary N) is 1. The molecule has 0 amide bonds. The first-order valence-corrected chi connectivity index (χ1v) is 5.23. The summed E-state index contributed by atoms with van der Waals surface area (Å²) in [6.07, 6.45) is 3.50. The van der Waals surface area contributed by atoms with E-state index in [9.17, 15) is 0 Å². The number of aromatic nitrogens is 2. The second-order valence-corrected chi connectivity index (χ2v) is 3.50. The molecular weight excluding hydrogens is 216 g/mol. The number of anilines is 2. The molecule has 2 aromatic rings. The number of pyridine rings is 2. The van der Waals surface area contributed by atoms with Crippen LogP contribution < -0.4 is 15.8 Å². The van der Waals surface area contributed by atoms with Crippen molar-refractivity contribution in [2.45, 2.75) is 6.54 Å². The molecule has 0 unspecified atom stereocenters. The Morgan fingerprint density at radius 3 is 2.71 bits per heavy atom. The van der Waals surface area contributed by atoms with Crippen molar-refractivity contribution in [2.75, 3.05) is 18.2 Å². The molecule has 0 saturated carbocycles. The van der Waals surface area contributed by atoms with Crippen LogP contribution >= 0.6 is 0 Å². The maximum atomic E-state index is 5.82. The number of methoxy groups -OCH3 is 1. The van der Waals surface area contributed by atoms with Gasteiger partial charge < -0.3 is 15.8 Å². The molecule has 0 bridgehead atoms.